The largest absolute Gasteiger partial charge is 0.379 e. The number of hydrogen-bond donors (Lipinski definition) is 1. The number of aryl methyl sites for hydroxylation is 1. The van der Waals surface area contributed by atoms with Crippen molar-refractivity contribution in [3.63, 3.8) is 0 Å². The fraction of sp³-hybridized carbons (Fsp3) is 0.450. The van der Waals surface area contributed by atoms with Gasteiger partial charge in [-0.2, -0.15) is 0 Å². The van der Waals surface area contributed by atoms with Gasteiger partial charge in [0.15, 0.2) is 0 Å². The predicted octanol–water partition coefficient (Wildman–Crippen LogP) is 3.91. The number of halogens is 1. The second-order valence-corrected chi connectivity index (χ2v) is 7.86. The van der Waals surface area contributed by atoms with Gasteiger partial charge >= 0.3 is 0 Å². The molecule has 1 aromatic heterocycles. The molecular formula is C20H25ClN2O2S. The second-order valence-electron chi connectivity index (χ2n) is 6.42. The van der Waals surface area contributed by atoms with Crippen LogP contribution in [0.2, 0.25) is 5.02 Å². The first kappa shape index (κ1) is 19.4. The highest BCUT2D eigenvalue weighted by molar-refractivity contribution is 7.09. The molecule has 1 aliphatic heterocycles. The highest BCUT2D eigenvalue weighted by Gasteiger charge is 2.24. The molecule has 1 amide bonds. The first-order valence-electron chi connectivity index (χ1n) is 9.09. The van der Waals surface area contributed by atoms with Crippen LogP contribution in [0.1, 0.15) is 29.3 Å². The molecule has 0 aliphatic carbocycles. The maximum Gasteiger partial charge on any atom is 0.220 e. The molecule has 0 saturated carbocycles. The zero-order valence-corrected chi connectivity index (χ0v) is 16.4. The lowest BCUT2D eigenvalue weighted by molar-refractivity contribution is -0.121. The number of morpholine rings is 1. The van der Waals surface area contributed by atoms with E-state index >= 15 is 0 Å². The molecule has 1 fully saturated rings. The molecule has 2 aromatic rings. The number of amides is 1. The Morgan fingerprint density at radius 3 is 2.77 bits per heavy atom. The molecule has 0 bridgehead atoms. The van der Waals surface area contributed by atoms with E-state index in [0.717, 1.165) is 49.7 Å². The third kappa shape index (κ3) is 5.55. The van der Waals surface area contributed by atoms with Gasteiger partial charge in [0, 0.05) is 36.0 Å². The van der Waals surface area contributed by atoms with Crippen molar-refractivity contribution in [3.05, 3.63) is 57.2 Å². The van der Waals surface area contributed by atoms with E-state index in [9.17, 15) is 4.79 Å². The average molecular weight is 393 g/mol. The lowest BCUT2D eigenvalue weighted by Crippen LogP contribution is -2.43. The summed E-state index contributed by atoms with van der Waals surface area (Å²) in [6, 6.07) is 12.1. The van der Waals surface area contributed by atoms with Crippen LogP contribution in [0.4, 0.5) is 0 Å². The maximum atomic E-state index is 12.3. The van der Waals surface area contributed by atoms with Crippen LogP contribution in [0.5, 0.6) is 0 Å². The number of hydrogen-bond acceptors (Lipinski definition) is 4. The Bertz CT molecular complexity index is 687. The van der Waals surface area contributed by atoms with Gasteiger partial charge in [0.05, 0.1) is 19.3 Å². The molecule has 26 heavy (non-hydrogen) atoms. The van der Waals surface area contributed by atoms with Crippen molar-refractivity contribution < 1.29 is 9.53 Å². The van der Waals surface area contributed by atoms with Gasteiger partial charge in [-0.25, -0.2) is 0 Å². The number of benzene rings is 1. The van der Waals surface area contributed by atoms with Crippen molar-refractivity contribution in [2.24, 2.45) is 0 Å². The Kier molecular flexibility index (Phi) is 7.50. The van der Waals surface area contributed by atoms with E-state index in [2.05, 4.69) is 27.7 Å². The summed E-state index contributed by atoms with van der Waals surface area (Å²) in [5, 5.41) is 5.93. The summed E-state index contributed by atoms with van der Waals surface area (Å²) in [6.07, 6.45) is 2.39. The third-order valence-electron chi connectivity index (χ3n) is 4.65. The minimum absolute atomic E-state index is 0.0776. The van der Waals surface area contributed by atoms with Gasteiger partial charge in [-0.1, -0.05) is 35.9 Å². The molecule has 0 radical (unpaired) electrons. The van der Waals surface area contributed by atoms with Crippen molar-refractivity contribution in [1.82, 2.24) is 10.2 Å². The summed E-state index contributed by atoms with van der Waals surface area (Å²) in [5.74, 6) is 0.104. The van der Waals surface area contributed by atoms with Crippen molar-refractivity contribution in [2.45, 2.75) is 25.3 Å². The van der Waals surface area contributed by atoms with Gasteiger partial charge in [-0.3, -0.25) is 9.69 Å². The first-order chi connectivity index (χ1) is 12.7. The highest BCUT2D eigenvalue weighted by atomic mass is 35.5. The van der Waals surface area contributed by atoms with Gasteiger partial charge in [0.25, 0.3) is 0 Å². The van der Waals surface area contributed by atoms with Crippen molar-refractivity contribution in [1.29, 1.82) is 0 Å². The third-order valence-corrected chi connectivity index (χ3v) is 5.93. The molecule has 1 aromatic carbocycles. The highest BCUT2D eigenvalue weighted by Crippen LogP contribution is 2.27. The smallest absolute Gasteiger partial charge is 0.220 e. The molecule has 4 nitrogen and oxygen atoms in total. The fourth-order valence-electron chi connectivity index (χ4n) is 3.25. The molecule has 1 saturated heterocycles. The maximum absolute atomic E-state index is 12.3. The van der Waals surface area contributed by atoms with E-state index in [0.29, 0.717) is 13.0 Å². The van der Waals surface area contributed by atoms with Crippen LogP contribution in [0.15, 0.2) is 41.8 Å². The SMILES string of the molecule is O=C(CCCc1cccs1)NC[C@@H](c1ccccc1Cl)N1CCOCC1. The summed E-state index contributed by atoms with van der Waals surface area (Å²) >= 11 is 8.17. The minimum Gasteiger partial charge on any atom is -0.379 e. The second kappa shape index (κ2) is 10.1. The summed E-state index contributed by atoms with van der Waals surface area (Å²) < 4.78 is 5.47. The molecular weight excluding hydrogens is 368 g/mol. The average Bonchev–Trinajstić information content (AvgIpc) is 3.18. The normalized spacial score (nSPS) is 16.3. The van der Waals surface area contributed by atoms with E-state index in [1.807, 2.05) is 24.3 Å². The Labute approximate surface area is 164 Å². The zero-order valence-electron chi connectivity index (χ0n) is 14.8. The summed E-state index contributed by atoms with van der Waals surface area (Å²) in [5.41, 5.74) is 1.06. The van der Waals surface area contributed by atoms with Crippen LogP contribution in [0.25, 0.3) is 0 Å². The lowest BCUT2D eigenvalue weighted by atomic mass is 10.0. The Morgan fingerprint density at radius 1 is 1.23 bits per heavy atom. The number of carbonyl (C=O) groups excluding carboxylic acids is 1. The molecule has 2 heterocycles. The van der Waals surface area contributed by atoms with Crippen LogP contribution < -0.4 is 5.32 Å². The summed E-state index contributed by atoms with van der Waals surface area (Å²) in [6.45, 7) is 3.71. The van der Waals surface area contributed by atoms with Crippen molar-refractivity contribution in [3.8, 4) is 0 Å². The minimum atomic E-state index is 0.0776. The molecule has 1 aliphatic rings. The van der Waals surface area contributed by atoms with E-state index in [1.54, 1.807) is 11.3 Å². The predicted molar refractivity (Wildman–Crippen MR) is 107 cm³/mol. The van der Waals surface area contributed by atoms with E-state index in [-0.39, 0.29) is 11.9 Å². The van der Waals surface area contributed by atoms with E-state index < -0.39 is 0 Å². The Balaban J connectivity index is 1.55. The lowest BCUT2D eigenvalue weighted by Gasteiger charge is -2.35. The van der Waals surface area contributed by atoms with Gasteiger partial charge in [-0.05, 0) is 35.9 Å². The van der Waals surface area contributed by atoms with Gasteiger partial charge in [-0.15, -0.1) is 11.3 Å². The molecule has 1 N–H and O–H groups in total. The van der Waals surface area contributed by atoms with Crippen LogP contribution in [-0.4, -0.2) is 43.7 Å². The molecule has 1 atom stereocenters. The summed E-state index contributed by atoms with van der Waals surface area (Å²) in [7, 11) is 0. The molecule has 0 unspecified atom stereocenters. The van der Waals surface area contributed by atoms with Gasteiger partial charge < -0.3 is 10.1 Å². The van der Waals surface area contributed by atoms with Crippen molar-refractivity contribution in [2.75, 3.05) is 32.8 Å². The van der Waals surface area contributed by atoms with Crippen molar-refractivity contribution >= 4 is 28.8 Å². The molecule has 6 heteroatoms. The van der Waals surface area contributed by atoms with Crippen LogP contribution >= 0.6 is 22.9 Å². The Morgan fingerprint density at radius 2 is 2.04 bits per heavy atom. The number of ether oxygens (including phenoxy) is 1. The first-order valence-corrected chi connectivity index (χ1v) is 10.3. The van der Waals surface area contributed by atoms with Gasteiger partial charge in [0.2, 0.25) is 5.91 Å². The van der Waals surface area contributed by atoms with Gasteiger partial charge in [0.1, 0.15) is 0 Å². The zero-order chi connectivity index (χ0) is 18.2. The molecule has 140 valence electrons. The number of thiophene rings is 1. The monoisotopic (exact) mass is 392 g/mol. The van der Waals surface area contributed by atoms with E-state index in [4.69, 9.17) is 16.3 Å². The van der Waals surface area contributed by atoms with Crippen LogP contribution in [0, 0.1) is 0 Å². The molecule has 0 spiro atoms. The van der Waals surface area contributed by atoms with Crippen LogP contribution in [0.3, 0.4) is 0 Å². The molecule has 3 rings (SSSR count). The number of carbonyl (C=O) groups is 1. The van der Waals surface area contributed by atoms with E-state index in [1.165, 1.54) is 4.88 Å². The number of rotatable bonds is 8. The fourth-order valence-corrected chi connectivity index (χ4v) is 4.26. The van der Waals surface area contributed by atoms with Crippen LogP contribution in [-0.2, 0) is 16.0 Å². The summed E-state index contributed by atoms with van der Waals surface area (Å²) in [4.78, 5) is 16.0. The number of nitrogens with zero attached hydrogens (tertiary/aromatic N) is 1. The standard InChI is InChI=1S/C20H25ClN2O2S/c21-18-8-2-1-7-17(18)19(23-10-12-25-13-11-23)15-22-20(24)9-3-5-16-6-4-14-26-16/h1-2,4,6-8,14,19H,3,5,9-13,15H2,(H,22,24)/t19-/m0/s1. The Hall–Kier alpha value is -1.40. The number of nitrogens with one attached hydrogen (secondary N) is 1. The quantitative estimate of drug-likeness (QED) is 0.740. The topological polar surface area (TPSA) is 41.6 Å².